The van der Waals surface area contributed by atoms with Crippen LogP contribution < -0.4 is 29.9 Å². The molecule has 0 atom stereocenters. The summed E-state index contributed by atoms with van der Waals surface area (Å²) in [6.07, 6.45) is 9.93. The number of hydrogen-bond acceptors (Lipinski definition) is 7. The molecular formula is C26H22N11Os. The minimum absolute atomic E-state index is 0. The zero-order chi connectivity index (χ0) is 24.3. The van der Waals surface area contributed by atoms with E-state index in [-0.39, 0.29) is 27.2 Å². The smallest absolute Gasteiger partial charge is 0.575 e. The molecule has 0 spiro atoms. The van der Waals surface area contributed by atoms with Crippen molar-refractivity contribution < 1.29 is 19.8 Å². The second kappa shape index (κ2) is 11.7. The number of hydrogen-bond donors (Lipinski definition) is 0. The largest absolute Gasteiger partial charge is 5.00 e. The van der Waals surface area contributed by atoms with Gasteiger partial charge in [0.25, 0.3) is 0 Å². The van der Waals surface area contributed by atoms with Gasteiger partial charge in [-0.2, -0.15) is 0 Å². The fourth-order valence-corrected chi connectivity index (χ4v) is 3.75. The van der Waals surface area contributed by atoms with Crippen LogP contribution in [0.4, 0.5) is 17.3 Å². The molecule has 1 aliphatic heterocycles. The molecule has 11 nitrogen and oxygen atoms in total. The van der Waals surface area contributed by atoms with E-state index in [1.165, 1.54) is 0 Å². The van der Waals surface area contributed by atoms with Crippen molar-refractivity contribution in [2.45, 2.75) is 7.43 Å². The van der Waals surface area contributed by atoms with Crippen LogP contribution in [0.2, 0.25) is 0 Å². The van der Waals surface area contributed by atoms with Crippen molar-refractivity contribution in [1.82, 2.24) is 45.1 Å². The molecule has 7 rings (SSSR count). The van der Waals surface area contributed by atoms with Gasteiger partial charge in [-0.05, 0) is 60.4 Å². The molecule has 0 saturated heterocycles. The number of benzene rings is 1. The van der Waals surface area contributed by atoms with E-state index in [0.717, 1.165) is 34.2 Å². The van der Waals surface area contributed by atoms with Crippen LogP contribution in [0.1, 0.15) is 7.43 Å². The molecule has 38 heavy (non-hydrogen) atoms. The average molecular weight is 679 g/mol. The Hall–Kier alpha value is -4.55. The quantitative estimate of drug-likeness (QED) is 0.254. The summed E-state index contributed by atoms with van der Waals surface area (Å²) >= 11 is 0. The summed E-state index contributed by atoms with van der Waals surface area (Å²) in [5.41, 5.74) is 5.13. The summed E-state index contributed by atoms with van der Waals surface area (Å²) < 4.78 is 0. The third-order valence-corrected chi connectivity index (χ3v) is 5.40. The number of imidazole rings is 3. The van der Waals surface area contributed by atoms with Crippen LogP contribution in [-0.4, -0.2) is 32.1 Å². The van der Waals surface area contributed by atoms with Gasteiger partial charge in [-0.3, -0.25) is 0 Å². The molecule has 1 radical (unpaired) electrons. The zero-order valence-corrected chi connectivity index (χ0v) is 22.0. The summed E-state index contributed by atoms with van der Waals surface area (Å²) in [6, 6.07) is 15.6. The van der Waals surface area contributed by atoms with E-state index in [1.54, 1.807) is 37.2 Å². The van der Waals surface area contributed by atoms with Gasteiger partial charge in [-0.1, -0.05) is 62.5 Å². The number of anilines is 3. The Balaban J connectivity index is 0.000000172. The second-order valence-corrected chi connectivity index (χ2v) is 7.72. The molecular weight excluding hydrogens is 657 g/mol. The number of aromatic nitrogens is 9. The van der Waals surface area contributed by atoms with Crippen molar-refractivity contribution in [2.24, 2.45) is 0 Å². The van der Waals surface area contributed by atoms with Crippen LogP contribution in [0.3, 0.4) is 0 Å². The Bertz CT molecular complexity index is 1490. The van der Waals surface area contributed by atoms with E-state index >= 15 is 0 Å². The van der Waals surface area contributed by atoms with E-state index in [1.807, 2.05) is 66.0 Å². The Morgan fingerprint density at radius 2 is 1.45 bits per heavy atom. The molecule has 5 aromatic heterocycles. The first kappa shape index (κ1) is 26.5. The van der Waals surface area contributed by atoms with E-state index in [4.69, 9.17) is 0 Å². The minimum atomic E-state index is 0. The monoisotopic (exact) mass is 680 g/mol. The number of nitrogens with zero attached hydrogens (tertiary/aromatic N) is 11. The van der Waals surface area contributed by atoms with Gasteiger partial charge in [0.05, 0.1) is 11.4 Å². The van der Waals surface area contributed by atoms with Crippen LogP contribution in [-0.2, 0) is 19.8 Å². The number of fused-ring (bicyclic) bond motifs is 1. The van der Waals surface area contributed by atoms with Gasteiger partial charge >= 0.3 is 19.8 Å². The van der Waals surface area contributed by atoms with E-state index in [9.17, 15) is 0 Å². The van der Waals surface area contributed by atoms with Crippen molar-refractivity contribution >= 4 is 17.3 Å². The normalized spacial score (nSPS) is 11.7. The maximum Gasteiger partial charge on any atom is 5.00 e. The molecule has 0 aliphatic carbocycles. The van der Waals surface area contributed by atoms with E-state index in [2.05, 4.69) is 51.2 Å². The van der Waals surface area contributed by atoms with E-state index in [0.29, 0.717) is 17.6 Å². The van der Waals surface area contributed by atoms with Gasteiger partial charge in [0.2, 0.25) is 0 Å². The van der Waals surface area contributed by atoms with Crippen LogP contribution >= 0.6 is 0 Å². The second-order valence-electron chi connectivity index (χ2n) is 7.72. The summed E-state index contributed by atoms with van der Waals surface area (Å²) in [7, 11) is 2.01. The first-order chi connectivity index (χ1) is 17.8. The first-order valence-corrected chi connectivity index (χ1v) is 11.0. The predicted octanol–water partition coefficient (Wildman–Crippen LogP) is 3.52. The molecule has 0 fully saturated rings. The summed E-state index contributed by atoms with van der Waals surface area (Å²) in [5, 5.41) is 7.80. The summed E-state index contributed by atoms with van der Waals surface area (Å²) in [6.45, 7) is 1.97. The SMILES string of the molecule is C.CN1[CH-]N(c2ncc(-c3ccn[n-]3)[n-]2)c2ccccc21.[Os+5].c1cc(-c2ncc[n-]2)nc(-c2ncc[n-]2)c1. The van der Waals surface area contributed by atoms with Crippen molar-refractivity contribution in [2.75, 3.05) is 16.8 Å². The topological polar surface area (TPSA) is 127 Å². The Labute approximate surface area is 232 Å². The van der Waals surface area contributed by atoms with Gasteiger partial charge in [0, 0.05) is 11.9 Å². The number of para-hydroxylation sites is 2. The zero-order valence-electron chi connectivity index (χ0n) is 19.4. The van der Waals surface area contributed by atoms with Gasteiger partial charge in [-0.15, -0.1) is 5.69 Å². The molecule has 0 unspecified atom stereocenters. The molecule has 0 amide bonds. The van der Waals surface area contributed by atoms with Crippen molar-refractivity contribution in [3.63, 3.8) is 0 Å². The molecule has 1 aromatic carbocycles. The van der Waals surface area contributed by atoms with Crippen molar-refractivity contribution in [1.29, 1.82) is 0 Å². The Morgan fingerprint density at radius 3 is 2.05 bits per heavy atom. The van der Waals surface area contributed by atoms with Crippen molar-refractivity contribution in [3.8, 4) is 34.4 Å². The van der Waals surface area contributed by atoms with Crippen LogP contribution in [0.15, 0.2) is 85.7 Å². The third kappa shape index (κ3) is 5.26. The van der Waals surface area contributed by atoms with E-state index < -0.39 is 0 Å². The molecule has 6 heterocycles. The van der Waals surface area contributed by atoms with Gasteiger partial charge in [0.15, 0.2) is 0 Å². The average Bonchev–Trinajstić information content (AvgIpc) is 3.76. The van der Waals surface area contributed by atoms with Crippen LogP contribution in [0.5, 0.6) is 0 Å². The fraction of sp³-hybridized carbons (Fsp3) is 0.0769. The van der Waals surface area contributed by atoms with Gasteiger partial charge in [-0.25, -0.2) is 11.7 Å². The van der Waals surface area contributed by atoms with Crippen molar-refractivity contribution in [3.05, 3.63) is 92.4 Å². The number of pyridine rings is 1. The molecule has 0 bridgehead atoms. The molecule has 0 saturated carbocycles. The molecule has 0 N–H and O–H groups in total. The summed E-state index contributed by atoms with van der Waals surface area (Å²) in [5.74, 6) is 1.88. The fourth-order valence-electron chi connectivity index (χ4n) is 3.75. The summed E-state index contributed by atoms with van der Waals surface area (Å²) in [4.78, 5) is 33.7. The maximum atomic E-state index is 4.52. The molecule has 1 aliphatic rings. The molecule has 6 aromatic rings. The third-order valence-electron chi connectivity index (χ3n) is 5.40. The van der Waals surface area contributed by atoms with Crippen LogP contribution in [0, 0.1) is 6.67 Å². The van der Waals surface area contributed by atoms with Gasteiger partial charge < -0.3 is 49.9 Å². The minimum Gasteiger partial charge on any atom is -0.575 e. The molecule has 189 valence electrons. The van der Waals surface area contributed by atoms with Gasteiger partial charge in [0.1, 0.15) is 0 Å². The Morgan fingerprint density at radius 1 is 0.763 bits per heavy atom. The Kier molecular flexibility index (Phi) is 8.14. The standard InChI is InChI=1S/C14H11N6.C11H7N5.CH4.Os/c1-19-9-20(13-5-3-2-4-12(13)19)14-15-8-11(17-14)10-6-7-16-18-10;1-2-8(10-12-4-5-13-10)16-9(3-1)11-14-6-7-15-11;;/h2-9H,1H3;1-7H;1H4;/q-3;-2;;+5. The number of rotatable bonds is 4. The molecule has 12 heteroatoms. The predicted molar refractivity (Wildman–Crippen MR) is 139 cm³/mol. The maximum absolute atomic E-state index is 4.52. The van der Waals surface area contributed by atoms with Crippen LogP contribution in [0.25, 0.3) is 34.4 Å². The first-order valence-electron chi connectivity index (χ1n) is 11.0.